The van der Waals surface area contributed by atoms with Crippen molar-refractivity contribution < 1.29 is 14.3 Å². The fourth-order valence-electron chi connectivity index (χ4n) is 2.55. The number of carbonyl (C=O) groups excluding carboxylic acids is 2. The zero-order valence-corrected chi connectivity index (χ0v) is 12.7. The number of amides is 1. The van der Waals surface area contributed by atoms with Crippen LogP contribution in [-0.4, -0.2) is 24.0 Å². The van der Waals surface area contributed by atoms with Crippen LogP contribution in [0.2, 0.25) is 0 Å². The number of alkyl carbamates (subject to hydrolysis) is 1. The largest absolute Gasteiger partial charge is 0.442 e. The van der Waals surface area contributed by atoms with Gasteiger partial charge < -0.3 is 10.1 Å². The molecule has 0 saturated carbocycles. The summed E-state index contributed by atoms with van der Waals surface area (Å²) < 4.78 is 5.27. The van der Waals surface area contributed by atoms with Crippen LogP contribution in [0.25, 0.3) is 0 Å². The second-order valence-electron chi connectivity index (χ2n) is 5.84. The zero-order chi connectivity index (χ0) is 15.2. The molecule has 0 heterocycles. The van der Waals surface area contributed by atoms with Crippen molar-refractivity contribution in [1.29, 1.82) is 0 Å². The molecule has 0 radical (unpaired) electrons. The van der Waals surface area contributed by atoms with E-state index in [-0.39, 0.29) is 23.8 Å². The number of hydrogen-bond donors (Lipinski definition) is 1. The molecule has 2 rings (SSSR count). The van der Waals surface area contributed by atoms with Crippen LogP contribution in [0.1, 0.15) is 39.5 Å². The van der Waals surface area contributed by atoms with Gasteiger partial charge in [-0.15, -0.1) is 0 Å². The average molecular weight is 289 g/mol. The Balaban J connectivity index is 1.85. The Morgan fingerprint density at radius 3 is 2.67 bits per heavy atom. The van der Waals surface area contributed by atoms with Crippen LogP contribution < -0.4 is 5.32 Å². The van der Waals surface area contributed by atoms with E-state index in [9.17, 15) is 9.59 Å². The van der Waals surface area contributed by atoms with Crippen LogP contribution in [0.5, 0.6) is 0 Å². The minimum absolute atomic E-state index is 0.0529. The third kappa shape index (κ3) is 4.59. The Kier molecular flexibility index (Phi) is 5.37. The lowest BCUT2D eigenvalue weighted by molar-refractivity contribution is -0.119. The van der Waals surface area contributed by atoms with Crippen LogP contribution in [0.3, 0.4) is 0 Å². The molecule has 0 aromatic heterocycles. The number of Topliss-reactive ketones (excluding diaryl/α,β-unsaturated/α-hetero) is 1. The highest BCUT2D eigenvalue weighted by molar-refractivity contribution is 6.00. The smallest absolute Gasteiger partial charge is 0.407 e. The van der Waals surface area contributed by atoms with E-state index in [1.165, 1.54) is 0 Å². The summed E-state index contributed by atoms with van der Waals surface area (Å²) in [6.45, 7) is 3.76. The number of ether oxygens (including phenoxy) is 1. The number of allylic oxidation sites excluding steroid dienone is 4. The Hall–Kier alpha value is -1.84. The van der Waals surface area contributed by atoms with Crippen LogP contribution in [0.15, 0.2) is 36.0 Å². The molecule has 2 atom stereocenters. The Morgan fingerprint density at radius 1 is 1.29 bits per heavy atom. The van der Waals surface area contributed by atoms with E-state index in [0.717, 1.165) is 24.8 Å². The summed E-state index contributed by atoms with van der Waals surface area (Å²) in [6, 6.07) is 0.0529. The summed E-state index contributed by atoms with van der Waals surface area (Å²) in [7, 11) is 0. The fraction of sp³-hybridized carbons (Fsp3) is 0.529. The normalized spacial score (nSPS) is 24.6. The Morgan fingerprint density at radius 2 is 2.10 bits per heavy atom. The lowest BCUT2D eigenvalue weighted by Gasteiger charge is -2.21. The molecule has 0 spiro atoms. The van der Waals surface area contributed by atoms with Gasteiger partial charge in [0.15, 0.2) is 5.78 Å². The maximum atomic E-state index is 12.4. The minimum Gasteiger partial charge on any atom is -0.442 e. The quantitative estimate of drug-likeness (QED) is 0.808. The molecule has 0 aliphatic heterocycles. The summed E-state index contributed by atoms with van der Waals surface area (Å²) in [5, 5.41) is 2.69. The Labute approximate surface area is 125 Å². The molecule has 2 aliphatic rings. The fourth-order valence-corrected chi connectivity index (χ4v) is 2.55. The highest BCUT2D eigenvalue weighted by Gasteiger charge is 2.23. The maximum Gasteiger partial charge on any atom is 0.407 e. The topological polar surface area (TPSA) is 55.4 Å². The number of nitrogens with one attached hydrogen (secondary N) is 1. The summed E-state index contributed by atoms with van der Waals surface area (Å²) in [6.07, 6.45) is 12.3. The second-order valence-corrected chi connectivity index (χ2v) is 5.84. The van der Waals surface area contributed by atoms with Gasteiger partial charge in [-0.25, -0.2) is 4.79 Å². The molecular weight excluding hydrogens is 266 g/mol. The van der Waals surface area contributed by atoms with Crippen molar-refractivity contribution in [3.63, 3.8) is 0 Å². The van der Waals surface area contributed by atoms with Crippen molar-refractivity contribution in [1.82, 2.24) is 5.32 Å². The lowest BCUT2D eigenvalue weighted by atomic mass is 9.85. The highest BCUT2D eigenvalue weighted by Crippen LogP contribution is 2.25. The van der Waals surface area contributed by atoms with Crippen LogP contribution in [0.4, 0.5) is 4.79 Å². The van der Waals surface area contributed by atoms with Gasteiger partial charge >= 0.3 is 6.09 Å². The number of hydrogen-bond acceptors (Lipinski definition) is 3. The van der Waals surface area contributed by atoms with E-state index in [1.54, 1.807) is 12.2 Å². The first-order chi connectivity index (χ1) is 10.1. The average Bonchev–Trinajstić information content (AvgIpc) is 2.47. The molecular formula is C17H23NO3. The predicted octanol–water partition coefficient (Wildman–Crippen LogP) is 3.30. The van der Waals surface area contributed by atoms with E-state index >= 15 is 0 Å². The summed E-state index contributed by atoms with van der Waals surface area (Å²) in [5.74, 6) is 0.313. The van der Waals surface area contributed by atoms with E-state index in [0.29, 0.717) is 6.42 Å². The number of carbonyl (C=O) groups is 2. The summed E-state index contributed by atoms with van der Waals surface area (Å²) in [4.78, 5) is 23.9. The standard InChI is InChI=1S/C17H23NO3/c1-12(2)18-17(20)21-15-10-8-14(9-11-15)16(19)13-6-4-3-5-7-13/h3-4,8-10,12-13,15H,5-7,11H2,1-2H3,(H,18,20). The molecule has 0 bridgehead atoms. The molecule has 1 amide bonds. The molecule has 4 heteroatoms. The zero-order valence-electron chi connectivity index (χ0n) is 12.7. The van der Waals surface area contributed by atoms with Crippen molar-refractivity contribution in [2.75, 3.05) is 0 Å². The van der Waals surface area contributed by atoms with Gasteiger partial charge in [0.05, 0.1) is 0 Å². The molecule has 1 N–H and O–H groups in total. The van der Waals surface area contributed by atoms with Gasteiger partial charge in [0.25, 0.3) is 0 Å². The van der Waals surface area contributed by atoms with Gasteiger partial charge in [-0.1, -0.05) is 24.3 Å². The third-order valence-electron chi connectivity index (χ3n) is 3.65. The van der Waals surface area contributed by atoms with Gasteiger partial charge in [0.2, 0.25) is 0 Å². The maximum absolute atomic E-state index is 12.4. The van der Waals surface area contributed by atoms with Gasteiger partial charge in [0, 0.05) is 24.0 Å². The van der Waals surface area contributed by atoms with Crippen LogP contribution >= 0.6 is 0 Å². The first kappa shape index (κ1) is 15.5. The molecule has 0 aromatic carbocycles. The molecule has 0 saturated heterocycles. The monoisotopic (exact) mass is 289 g/mol. The molecule has 2 aliphatic carbocycles. The van der Waals surface area contributed by atoms with E-state index in [2.05, 4.69) is 17.5 Å². The highest BCUT2D eigenvalue weighted by atomic mass is 16.6. The van der Waals surface area contributed by atoms with Crippen molar-refractivity contribution in [2.24, 2.45) is 5.92 Å². The van der Waals surface area contributed by atoms with Gasteiger partial charge in [-0.2, -0.15) is 0 Å². The van der Waals surface area contributed by atoms with E-state index < -0.39 is 6.09 Å². The lowest BCUT2D eigenvalue weighted by Crippen LogP contribution is -2.33. The Bertz CT molecular complexity index is 488. The van der Waals surface area contributed by atoms with Crippen molar-refractivity contribution in [3.8, 4) is 0 Å². The van der Waals surface area contributed by atoms with Crippen molar-refractivity contribution in [3.05, 3.63) is 36.0 Å². The number of ketones is 1. The van der Waals surface area contributed by atoms with Gasteiger partial charge in [-0.3, -0.25) is 4.79 Å². The van der Waals surface area contributed by atoms with Crippen molar-refractivity contribution >= 4 is 11.9 Å². The van der Waals surface area contributed by atoms with Gasteiger partial charge in [0.1, 0.15) is 6.10 Å². The molecule has 114 valence electrons. The van der Waals surface area contributed by atoms with Crippen LogP contribution in [-0.2, 0) is 9.53 Å². The minimum atomic E-state index is -0.416. The number of rotatable bonds is 4. The van der Waals surface area contributed by atoms with Gasteiger partial charge in [-0.05, 0) is 39.2 Å². The first-order valence-corrected chi connectivity index (χ1v) is 7.61. The third-order valence-corrected chi connectivity index (χ3v) is 3.65. The molecule has 0 fully saturated rings. The molecule has 2 unspecified atom stereocenters. The van der Waals surface area contributed by atoms with Crippen molar-refractivity contribution in [2.45, 2.75) is 51.7 Å². The molecule has 0 aromatic rings. The summed E-state index contributed by atoms with van der Waals surface area (Å²) >= 11 is 0. The van der Waals surface area contributed by atoms with E-state index in [1.807, 2.05) is 19.9 Å². The van der Waals surface area contributed by atoms with E-state index in [4.69, 9.17) is 4.74 Å². The first-order valence-electron chi connectivity index (χ1n) is 7.61. The summed E-state index contributed by atoms with van der Waals surface area (Å²) in [5.41, 5.74) is 0.749. The molecule has 4 nitrogen and oxygen atoms in total. The van der Waals surface area contributed by atoms with Crippen LogP contribution in [0, 0.1) is 5.92 Å². The second kappa shape index (κ2) is 7.25. The predicted molar refractivity (Wildman–Crippen MR) is 81.9 cm³/mol. The SMILES string of the molecule is CC(C)NC(=O)OC1C=CC(C(=O)C2CC=CCC2)=CC1. The molecule has 21 heavy (non-hydrogen) atoms.